The summed E-state index contributed by atoms with van der Waals surface area (Å²) in [6, 6.07) is 10.3. The van der Waals surface area contributed by atoms with E-state index in [2.05, 4.69) is 28.6 Å². The molecule has 0 fully saturated rings. The lowest BCUT2D eigenvalue weighted by atomic mass is 10.0. The molecule has 0 bridgehead atoms. The molecule has 1 aliphatic rings. The van der Waals surface area contributed by atoms with Gasteiger partial charge < -0.3 is 9.84 Å². The van der Waals surface area contributed by atoms with Crippen LogP contribution in [0.4, 0.5) is 0 Å². The van der Waals surface area contributed by atoms with Crippen molar-refractivity contribution >= 4 is 10.0 Å². The molecule has 2 aromatic rings. The van der Waals surface area contributed by atoms with Crippen molar-refractivity contribution in [3.63, 3.8) is 0 Å². The quantitative estimate of drug-likeness (QED) is 0.607. The van der Waals surface area contributed by atoms with Crippen molar-refractivity contribution in [3.8, 4) is 17.6 Å². The second-order valence-corrected chi connectivity index (χ2v) is 10.8. The molecule has 184 valence electrons. The first-order valence-corrected chi connectivity index (χ1v) is 13.2. The summed E-state index contributed by atoms with van der Waals surface area (Å²) in [5, 5.41) is 9.78. The summed E-state index contributed by atoms with van der Waals surface area (Å²) in [6.45, 7) is 7.01. The zero-order valence-electron chi connectivity index (χ0n) is 20.4. The van der Waals surface area contributed by atoms with Gasteiger partial charge in [-0.2, -0.15) is 4.31 Å². The van der Waals surface area contributed by atoms with Crippen LogP contribution in [0, 0.1) is 17.8 Å². The topological polar surface area (TPSA) is 83.0 Å². The van der Waals surface area contributed by atoms with Crippen LogP contribution in [0.3, 0.4) is 0 Å². The number of aliphatic hydroxyl groups is 1. The number of likely N-dealkylation sites (N-methyl/N-ethyl adjacent to an activating group) is 1. The Bertz CT molecular complexity index is 1110. The third-order valence-corrected chi connectivity index (χ3v) is 7.94. The second-order valence-electron chi connectivity index (χ2n) is 8.97. The fourth-order valence-corrected chi connectivity index (χ4v) is 5.78. The molecule has 3 rings (SSSR count). The van der Waals surface area contributed by atoms with Gasteiger partial charge in [0.05, 0.1) is 12.3 Å². The molecule has 8 heteroatoms. The molecular weight excluding hydrogens is 450 g/mol. The minimum atomic E-state index is -3.85. The average Bonchev–Trinajstić information content (AvgIpc) is 2.81. The Morgan fingerprint density at radius 3 is 2.79 bits per heavy atom. The molecule has 1 aromatic heterocycles. The number of sulfonamides is 1. The van der Waals surface area contributed by atoms with Gasteiger partial charge in [0.2, 0.25) is 10.0 Å². The van der Waals surface area contributed by atoms with E-state index < -0.39 is 16.1 Å². The number of hydrogen-bond acceptors (Lipinski definition) is 6. The number of aliphatic hydroxyl groups excluding tert-OH is 1. The van der Waals surface area contributed by atoms with Gasteiger partial charge in [-0.25, -0.2) is 8.42 Å². The molecule has 1 N–H and O–H groups in total. The maximum Gasteiger partial charge on any atom is 0.247 e. The van der Waals surface area contributed by atoms with Gasteiger partial charge >= 0.3 is 0 Å². The van der Waals surface area contributed by atoms with Crippen LogP contribution >= 0.6 is 0 Å². The summed E-state index contributed by atoms with van der Waals surface area (Å²) < 4.78 is 34.9. The van der Waals surface area contributed by atoms with Crippen molar-refractivity contribution < 1.29 is 18.3 Å². The highest BCUT2D eigenvalue weighted by atomic mass is 32.2. The minimum absolute atomic E-state index is 0.109. The lowest BCUT2D eigenvalue weighted by Gasteiger charge is -2.37. The van der Waals surface area contributed by atoms with Crippen LogP contribution in [0.2, 0.25) is 0 Å². The van der Waals surface area contributed by atoms with Crippen molar-refractivity contribution in [1.29, 1.82) is 0 Å². The van der Waals surface area contributed by atoms with Crippen LogP contribution in [0.25, 0.3) is 0 Å². The summed E-state index contributed by atoms with van der Waals surface area (Å²) in [5.41, 5.74) is 1.67. The monoisotopic (exact) mass is 485 g/mol. The number of fused-ring (bicyclic) bond motifs is 1. The van der Waals surface area contributed by atoms with Gasteiger partial charge in [-0.1, -0.05) is 31.8 Å². The Labute approximate surface area is 203 Å². The van der Waals surface area contributed by atoms with Crippen molar-refractivity contribution in [2.24, 2.45) is 5.92 Å². The molecule has 7 nitrogen and oxygen atoms in total. The number of hydrogen-bond donors (Lipinski definition) is 1. The van der Waals surface area contributed by atoms with Gasteiger partial charge in [0.15, 0.2) is 0 Å². The molecule has 0 unspecified atom stereocenters. The van der Waals surface area contributed by atoms with Crippen LogP contribution in [-0.4, -0.2) is 66.6 Å². The van der Waals surface area contributed by atoms with Gasteiger partial charge in [-0.3, -0.25) is 9.88 Å². The summed E-state index contributed by atoms with van der Waals surface area (Å²) in [5.74, 6) is 6.41. The summed E-state index contributed by atoms with van der Waals surface area (Å²) in [7, 11) is -1.85. The van der Waals surface area contributed by atoms with Crippen LogP contribution in [0.15, 0.2) is 47.5 Å². The zero-order chi connectivity index (χ0) is 24.7. The van der Waals surface area contributed by atoms with E-state index in [1.54, 1.807) is 31.3 Å². The molecule has 1 aliphatic heterocycles. The van der Waals surface area contributed by atoms with Gasteiger partial charge in [-0.05, 0) is 50.7 Å². The number of pyridine rings is 1. The van der Waals surface area contributed by atoms with E-state index in [0.29, 0.717) is 18.8 Å². The van der Waals surface area contributed by atoms with Gasteiger partial charge in [0, 0.05) is 49.8 Å². The summed E-state index contributed by atoms with van der Waals surface area (Å²) in [4.78, 5) is 6.64. The van der Waals surface area contributed by atoms with Crippen LogP contribution in [0.5, 0.6) is 5.75 Å². The number of ether oxygens (including phenoxy) is 1. The Morgan fingerprint density at radius 2 is 2.12 bits per heavy atom. The second kappa shape index (κ2) is 11.8. The van der Waals surface area contributed by atoms with E-state index in [1.807, 2.05) is 32.2 Å². The summed E-state index contributed by atoms with van der Waals surface area (Å²) in [6.07, 6.45) is 3.24. The van der Waals surface area contributed by atoms with E-state index >= 15 is 0 Å². The standard InChI is InChI=1S/C26H35N3O4S/c1-5-6-7-10-22-12-13-26-24(15-22)33-25(18-28(4)17-23-11-8-9-14-27-23)20(2)16-29(21(3)19-30)34(26,31)32/h8-9,11-15,20-21,25,30H,5-6,16-19H2,1-4H3/t20-,21-,25-/m1/s1. The molecule has 0 saturated heterocycles. The fourth-order valence-electron chi connectivity index (χ4n) is 3.95. The van der Waals surface area contributed by atoms with E-state index in [9.17, 15) is 13.5 Å². The van der Waals surface area contributed by atoms with Gasteiger partial charge in [0.1, 0.15) is 16.7 Å². The number of benzene rings is 1. The van der Waals surface area contributed by atoms with Crippen LogP contribution in [-0.2, 0) is 16.6 Å². The maximum atomic E-state index is 13.5. The molecule has 0 saturated carbocycles. The molecule has 34 heavy (non-hydrogen) atoms. The van der Waals surface area contributed by atoms with Crippen LogP contribution < -0.4 is 4.74 Å². The molecule has 0 spiro atoms. The normalized spacial score (nSPS) is 20.9. The predicted molar refractivity (Wildman–Crippen MR) is 133 cm³/mol. The van der Waals surface area contributed by atoms with E-state index in [1.165, 1.54) is 4.31 Å². The summed E-state index contributed by atoms with van der Waals surface area (Å²) >= 11 is 0. The SMILES string of the molecule is CCCC#Cc1ccc2c(c1)O[C@H](CN(C)Cc1ccccn1)[C@H](C)CN([C@H](C)CO)S2(=O)=O. The Morgan fingerprint density at radius 1 is 1.32 bits per heavy atom. The van der Waals surface area contributed by atoms with E-state index in [4.69, 9.17) is 4.74 Å². The predicted octanol–water partition coefficient (Wildman–Crippen LogP) is 3.13. The fraction of sp³-hybridized carbons (Fsp3) is 0.500. The maximum absolute atomic E-state index is 13.5. The molecule has 0 aliphatic carbocycles. The van der Waals surface area contributed by atoms with Crippen molar-refractivity contribution in [3.05, 3.63) is 53.9 Å². The highest BCUT2D eigenvalue weighted by molar-refractivity contribution is 7.89. The molecule has 3 atom stereocenters. The zero-order valence-corrected chi connectivity index (χ0v) is 21.3. The minimum Gasteiger partial charge on any atom is -0.487 e. The highest BCUT2D eigenvalue weighted by Gasteiger charge is 2.38. The van der Waals surface area contributed by atoms with Crippen molar-refractivity contribution in [2.75, 3.05) is 26.7 Å². The molecule has 1 aromatic carbocycles. The lowest BCUT2D eigenvalue weighted by molar-refractivity contribution is 0.0730. The Hall–Kier alpha value is -2.44. The lowest BCUT2D eigenvalue weighted by Crippen LogP contribution is -2.49. The van der Waals surface area contributed by atoms with Gasteiger partial charge in [-0.15, -0.1) is 0 Å². The number of aromatic nitrogens is 1. The van der Waals surface area contributed by atoms with Crippen LogP contribution in [0.1, 0.15) is 44.9 Å². The Balaban J connectivity index is 1.97. The van der Waals surface area contributed by atoms with Gasteiger partial charge in [0.25, 0.3) is 0 Å². The first-order chi connectivity index (χ1) is 16.3. The Kier molecular flexibility index (Phi) is 9.09. The third-order valence-electron chi connectivity index (χ3n) is 5.92. The number of unbranched alkanes of at least 4 members (excludes halogenated alkanes) is 1. The molecule has 2 heterocycles. The average molecular weight is 486 g/mol. The third kappa shape index (κ3) is 6.36. The van der Waals surface area contributed by atoms with Crippen molar-refractivity contribution in [1.82, 2.24) is 14.2 Å². The largest absolute Gasteiger partial charge is 0.487 e. The number of rotatable bonds is 7. The van der Waals surface area contributed by atoms with E-state index in [-0.39, 0.29) is 30.1 Å². The van der Waals surface area contributed by atoms with Crippen molar-refractivity contribution in [2.45, 2.75) is 57.2 Å². The first-order valence-electron chi connectivity index (χ1n) is 11.8. The first kappa shape index (κ1) is 26.2. The molecule has 0 radical (unpaired) electrons. The van der Waals surface area contributed by atoms with E-state index in [0.717, 1.165) is 24.1 Å². The highest BCUT2D eigenvalue weighted by Crippen LogP contribution is 2.34. The number of nitrogens with zero attached hydrogens (tertiary/aromatic N) is 3. The molecule has 0 amide bonds. The molecular formula is C26H35N3O4S. The smallest absolute Gasteiger partial charge is 0.247 e.